The van der Waals surface area contributed by atoms with Gasteiger partial charge in [0.05, 0.1) is 11.3 Å². The molecular formula is C11H10FNO2. The van der Waals surface area contributed by atoms with Gasteiger partial charge in [0.2, 0.25) is 0 Å². The van der Waals surface area contributed by atoms with Crippen molar-refractivity contribution in [3.8, 4) is 0 Å². The number of benzene rings is 1. The summed E-state index contributed by atoms with van der Waals surface area (Å²) >= 11 is 0. The van der Waals surface area contributed by atoms with Crippen LogP contribution in [0.25, 0.3) is 0 Å². The summed E-state index contributed by atoms with van der Waals surface area (Å²) in [6.07, 6.45) is 0. The number of fused-ring (bicyclic) bond motifs is 1. The monoisotopic (exact) mass is 207 g/mol. The Bertz CT molecular complexity index is 468. The summed E-state index contributed by atoms with van der Waals surface area (Å²) in [5, 5.41) is 0. The molecular weight excluding hydrogens is 197 g/mol. The van der Waals surface area contributed by atoms with Gasteiger partial charge in [-0.15, -0.1) is 0 Å². The minimum atomic E-state index is -0.616. The van der Waals surface area contributed by atoms with Gasteiger partial charge in [-0.25, -0.2) is 4.39 Å². The summed E-state index contributed by atoms with van der Waals surface area (Å²) in [5.41, 5.74) is 1.35. The van der Waals surface area contributed by atoms with Gasteiger partial charge >= 0.3 is 0 Å². The first-order chi connectivity index (χ1) is 7.06. The Morgan fingerprint density at radius 2 is 2.00 bits per heavy atom. The molecule has 3 nitrogen and oxygen atoms in total. The number of Topliss-reactive ketones (excluding diaryl/α,β-unsaturated/α-hetero) is 1. The fourth-order valence-electron chi connectivity index (χ4n) is 1.91. The van der Waals surface area contributed by atoms with E-state index in [0.717, 1.165) is 6.07 Å². The Kier molecular flexibility index (Phi) is 2.07. The smallest absolute Gasteiger partial charge is 0.299 e. The lowest BCUT2D eigenvalue weighted by molar-refractivity contribution is -0.114. The number of rotatable bonds is 1. The van der Waals surface area contributed by atoms with Gasteiger partial charge in [-0.3, -0.25) is 9.59 Å². The van der Waals surface area contributed by atoms with Crippen LogP contribution < -0.4 is 4.90 Å². The van der Waals surface area contributed by atoms with Gasteiger partial charge in [0.25, 0.3) is 11.7 Å². The van der Waals surface area contributed by atoms with Gasteiger partial charge in [0.15, 0.2) is 0 Å². The number of nitrogens with zero attached hydrogens (tertiary/aromatic N) is 1. The fourth-order valence-corrected chi connectivity index (χ4v) is 1.91. The van der Waals surface area contributed by atoms with Gasteiger partial charge < -0.3 is 4.90 Å². The van der Waals surface area contributed by atoms with E-state index in [1.54, 1.807) is 13.8 Å². The first kappa shape index (κ1) is 9.83. The van der Waals surface area contributed by atoms with E-state index < -0.39 is 17.5 Å². The van der Waals surface area contributed by atoms with Crippen molar-refractivity contribution in [1.29, 1.82) is 0 Å². The fraction of sp³-hybridized carbons (Fsp3) is 0.273. The highest BCUT2D eigenvalue weighted by molar-refractivity contribution is 6.52. The van der Waals surface area contributed by atoms with Crippen LogP contribution in [0.5, 0.6) is 0 Å². The van der Waals surface area contributed by atoms with E-state index in [0.29, 0.717) is 17.8 Å². The van der Waals surface area contributed by atoms with E-state index in [4.69, 9.17) is 0 Å². The van der Waals surface area contributed by atoms with Crippen LogP contribution in [0.1, 0.15) is 22.8 Å². The summed E-state index contributed by atoms with van der Waals surface area (Å²) in [6, 6.07) is 2.45. The second kappa shape index (κ2) is 3.15. The summed E-state index contributed by atoms with van der Waals surface area (Å²) in [5.74, 6) is -1.67. The van der Waals surface area contributed by atoms with Gasteiger partial charge in [-0.2, -0.15) is 0 Å². The lowest BCUT2D eigenvalue weighted by Gasteiger charge is -2.15. The zero-order valence-corrected chi connectivity index (χ0v) is 8.50. The minimum absolute atomic E-state index is 0.180. The molecule has 78 valence electrons. The third-order valence-electron chi connectivity index (χ3n) is 2.54. The van der Waals surface area contributed by atoms with Gasteiger partial charge in [-0.05, 0) is 31.5 Å². The van der Waals surface area contributed by atoms with E-state index in [1.807, 2.05) is 0 Å². The second-order valence-electron chi connectivity index (χ2n) is 3.50. The summed E-state index contributed by atoms with van der Waals surface area (Å²) < 4.78 is 13.1. The van der Waals surface area contributed by atoms with Gasteiger partial charge in [0, 0.05) is 6.54 Å². The Hall–Kier alpha value is -1.71. The van der Waals surface area contributed by atoms with E-state index in [9.17, 15) is 14.0 Å². The maximum atomic E-state index is 13.1. The number of halogens is 1. The number of carbonyl (C=O) groups is 2. The van der Waals surface area contributed by atoms with Gasteiger partial charge in [-0.1, -0.05) is 0 Å². The Labute approximate surface area is 86.5 Å². The summed E-state index contributed by atoms with van der Waals surface area (Å²) in [7, 11) is 0. The number of amides is 1. The molecule has 0 aromatic heterocycles. The molecule has 1 amide bonds. The molecule has 0 spiro atoms. The predicted molar refractivity (Wildman–Crippen MR) is 53.5 cm³/mol. The predicted octanol–water partition coefficient (Wildman–Crippen LogP) is 1.68. The molecule has 4 heteroatoms. The molecule has 0 bridgehead atoms. The highest BCUT2D eigenvalue weighted by atomic mass is 19.1. The molecule has 0 radical (unpaired) electrons. The zero-order chi connectivity index (χ0) is 11.2. The van der Waals surface area contributed by atoms with Crippen LogP contribution in [-0.2, 0) is 4.79 Å². The molecule has 1 heterocycles. The molecule has 0 N–H and O–H groups in total. The van der Waals surface area contributed by atoms with Crippen LogP contribution in [0.15, 0.2) is 12.1 Å². The molecule has 2 rings (SSSR count). The topological polar surface area (TPSA) is 37.4 Å². The minimum Gasteiger partial charge on any atom is -0.305 e. The number of aryl methyl sites for hydroxylation is 1. The largest absolute Gasteiger partial charge is 0.305 e. The van der Waals surface area contributed by atoms with Crippen LogP contribution in [-0.4, -0.2) is 18.2 Å². The summed E-state index contributed by atoms with van der Waals surface area (Å²) in [6.45, 7) is 3.89. The van der Waals surface area contributed by atoms with Crippen molar-refractivity contribution < 1.29 is 14.0 Å². The number of hydrogen-bond donors (Lipinski definition) is 0. The molecule has 0 atom stereocenters. The van der Waals surface area contributed by atoms with Crippen molar-refractivity contribution in [2.75, 3.05) is 11.4 Å². The molecule has 0 fully saturated rings. The lowest BCUT2D eigenvalue weighted by atomic mass is 10.1. The maximum Gasteiger partial charge on any atom is 0.299 e. The normalized spacial score (nSPS) is 14.7. The van der Waals surface area contributed by atoms with Crippen molar-refractivity contribution in [2.45, 2.75) is 13.8 Å². The summed E-state index contributed by atoms with van der Waals surface area (Å²) in [4.78, 5) is 24.4. The second-order valence-corrected chi connectivity index (χ2v) is 3.50. The van der Waals surface area contributed by atoms with Crippen molar-refractivity contribution in [3.63, 3.8) is 0 Å². The van der Waals surface area contributed by atoms with E-state index in [2.05, 4.69) is 0 Å². The molecule has 0 unspecified atom stereocenters. The first-order valence-electron chi connectivity index (χ1n) is 4.72. The molecule has 0 aliphatic carbocycles. The number of hydrogen-bond acceptors (Lipinski definition) is 2. The molecule has 1 aliphatic rings. The number of anilines is 1. The van der Waals surface area contributed by atoms with E-state index >= 15 is 0 Å². The SMILES string of the molecule is CCN1C(=O)C(=O)c2cc(F)cc(C)c21. The molecule has 15 heavy (non-hydrogen) atoms. The van der Waals surface area contributed by atoms with E-state index in [-0.39, 0.29) is 5.56 Å². The molecule has 1 aliphatic heterocycles. The number of carbonyl (C=O) groups excluding carboxylic acids is 2. The van der Waals surface area contributed by atoms with Crippen LogP contribution in [0.2, 0.25) is 0 Å². The van der Waals surface area contributed by atoms with Crippen LogP contribution >= 0.6 is 0 Å². The third-order valence-corrected chi connectivity index (χ3v) is 2.54. The maximum absolute atomic E-state index is 13.1. The van der Waals surface area contributed by atoms with Gasteiger partial charge in [0.1, 0.15) is 5.82 Å². The van der Waals surface area contributed by atoms with Crippen LogP contribution in [0.3, 0.4) is 0 Å². The van der Waals surface area contributed by atoms with Crippen molar-refractivity contribution in [1.82, 2.24) is 0 Å². The Morgan fingerprint density at radius 1 is 1.33 bits per heavy atom. The number of ketones is 1. The molecule has 0 saturated carbocycles. The highest BCUT2D eigenvalue weighted by Gasteiger charge is 2.36. The van der Waals surface area contributed by atoms with Crippen LogP contribution in [0.4, 0.5) is 10.1 Å². The Morgan fingerprint density at radius 3 is 2.60 bits per heavy atom. The Balaban J connectivity index is 2.70. The standard InChI is InChI=1S/C11H10FNO2/c1-3-13-9-6(2)4-7(12)5-8(9)10(14)11(13)15/h4-5H,3H2,1-2H3. The average molecular weight is 207 g/mol. The molecule has 1 aromatic carbocycles. The quantitative estimate of drug-likeness (QED) is 0.657. The van der Waals surface area contributed by atoms with E-state index in [1.165, 1.54) is 11.0 Å². The lowest BCUT2D eigenvalue weighted by Crippen LogP contribution is -2.29. The first-order valence-corrected chi connectivity index (χ1v) is 4.72. The molecule has 0 saturated heterocycles. The zero-order valence-electron chi connectivity index (χ0n) is 8.50. The van der Waals surface area contributed by atoms with Crippen molar-refractivity contribution in [2.24, 2.45) is 0 Å². The van der Waals surface area contributed by atoms with Crippen molar-refractivity contribution in [3.05, 3.63) is 29.1 Å². The highest BCUT2D eigenvalue weighted by Crippen LogP contribution is 2.32. The number of likely N-dealkylation sites (N-methyl/N-ethyl adjacent to an activating group) is 1. The van der Waals surface area contributed by atoms with Crippen molar-refractivity contribution >= 4 is 17.4 Å². The third kappa shape index (κ3) is 1.25. The average Bonchev–Trinajstić information content (AvgIpc) is 2.42. The van der Waals surface area contributed by atoms with Crippen LogP contribution in [0, 0.1) is 12.7 Å². The molecule has 1 aromatic rings.